The number of nitrogens with zero attached hydrogens (tertiary/aromatic N) is 7. The molecule has 5 rings (SSSR count). The molecule has 4 aromatic rings. The van der Waals surface area contributed by atoms with Crippen molar-refractivity contribution in [3.63, 3.8) is 0 Å². The number of nitrogens with one attached hydrogen (secondary N) is 1. The van der Waals surface area contributed by atoms with Crippen molar-refractivity contribution in [2.75, 3.05) is 23.7 Å². The summed E-state index contributed by atoms with van der Waals surface area (Å²) in [6.45, 7) is 1.85. The van der Waals surface area contributed by atoms with Crippen LogP contribution in [-0.4, -0.2) is 47.8 Å². The van der Waals surface area contributed by atoms with Crippen LogP contribution in [0.15, 0.2) is 35.6 Å². The molecule has 1 atom stereocenters. The van der Waals surface area contributed by atoms with Crippen molar-refractivity contribution in [3.05, 3.63) is 52.0 Å². The molecular formula is C18H18BrClN10. The number of rotatable bonds is 4. The van der Waals surface area contributed by atoms with E-state index >= 15 is 0 Å². The Morgan fingerprint density at radius 1 is 1.23 bits per heavy atom. The van der Waals surface area contributed by atoms with Crippen molar-refractivity contribution in [1.29, 1.82) is 0 Å². The highest BCUT2D eigenvalue weighted by molar-refractivity contribution is 9.10. The zero-order valence-corrected chi connectivity index (χ0v) is 18.1. The van der Waals surface area contributed by atoms with Crippen LogP contribution in [-0.2, 0) is 12.1 Å². The number of aromatic nitrogens is 7. The number of benzene rings is 1. The minimum absolute atomic E-state index is 0.355. The lowest BCUT2D eigenvalue weighted by Crippen LogP contribution is -2.41. The molecule has 0 amide bonds. The molecule has 10 nitrogen and oxygen atoms in total. The highest BCUT2D eigenvalue weighted by Gasteiger charge is 2.40. The first-order chi connectivity index (χ1) is 14.4. The van der Waals surface area contributed by atoms with Gasteiger partial charge in [0, 0.05) is 33.8 Å². The van der Waals surface area contributed by atoms with Gasteiger partial charge in [0.25, 0.3) is 0 Å². The van der Waals surface area contributed by atoms with Gasteiger partial charge in [-0.25, -0.2) is 19.9 Å². The third kappa shape index (κ3) is 3.18. The van der Waals surface area contributed by atoms with Gasteiger partial charge in [0.2, 0.25) is 0 Å². The largest absolute Gasteiger partial charge is 0.382 e. The molecule has 4 heterocycles. The quantitative estimate of drug-likeness (QED) is 0.395. The molecule has 0 radical (unpaired) electrons. The smallest absolute Gasteiger partial charge is 0.171 e. The van der Waals surface area contributed by atoms with E-state index in [0.717, 1.165) is 28.7 Å². The second-order valence-corrected chi connectivity index (χ2v) is 8.63. The molecule has 5 N–H and O–H groups in total. The Bertz CT molecular complexity index is 1220. The van der Waals surface area contributed by atoms with Gasteiger partial charge in [-0.2, -0.15) is 5.10 Å². The summed E-state index contributed by atoms with van der Waals surface area (Å²) in [5.41, 5.74) is 15.2. The number of anilines is 2. The fourth-order valence-corrected chi connectivity index (χ4v) is 4.80. The van der Waals surface area contributed by atoms with E-state index in [9.17, 15) is 0 Å². The number of halogens is 2. The maximum absolute atomic E-state index is 6.63. The fraction of sp³-hybridized carbons (Fsp3) is 0.278. The zero-order chi connectivity index (χ0) is 20.9. The Morgan fingerprint density at radius 2 is 2.10 bits per heavy atom. The molecule has 154 valence electrons. The summed E-state index contributed by atoms with van der Waals surface area (Å²) in [5.74, 6) is 0.966. The standard InChI is InChI=1S/C18H18BrClN10/c19-12-3-10(20)4-13(29-2-1-18(22,6-29)17-25-8-27-28-17)11(12)5-30-9-26-14-15(21)23-7-24-16(14)30/h3-4,7-9H,1-2,5-6,22H2,(H2,21,23,24)(H,25,27,28)/t18-/m1/s1. The van der Waals surface area contributed by atoms with Gasteiger partial charge in [-0.05, 0) is 18.6 Å². The van der Waals surface area contributed by atoms with Gasteiger partial charge in [0.15, 0.2) is 17.3 Å². The van der Waals surface area contributed by atoms with Crippen molar-refractivity contribution in [3.8, 4) is 0 Å². The van der Waals surface area contributed by atoms with Crippen LogP contribution >= 0.6 is 27.5 Å². The molecule has 1 aliphatic rings. The van der Waals surface area contributed by atoms with Crippen LogP contribution in [0, 0.1) is 0 Å². The predicted molar refractivity (Wildman–Crippen MR) is 117 cm³/mol. The predicted octanol–water partition coefficient (Wildman–Crippen LogP) is 2.06. The summed E-state index contributed by atoms with van der Waals surface area (Å²) in [6, 6.07) is 3.83. The first kappa shape index (κ1) is 19.2. The number of nitrogen functional groups attached to an aromatic ring is 1. The van der Waals surface area contributed by atoms with Crippen molar-refractivity contribution in [2.45, 2.75) is 18.5 Å². The first-order valence-electron chi connectivity index (χ1n) is 9.24. The fourth-order valence-electron chi connectivity index (χ4n) is 3.88. The molecule has 0 aliphatic carbocycles. The van der Waals surface area contributed by atoms with Crippen molar-refractivity contribution in [1.82, 2.24) is 34.7 Å². The van der Waals surface area contributed by atoms with Crippen molar-refractivity contribution in [2.24, 2.45) is 5.73 Å². The van der Waals surface area contributed by atoms with Gasteiger partial charge in [0.1, 0.15) is 18.2 Å². The van der Waals surface area contributed by atoms with Gasteiger partial charge in [-0.3, -0.25) is 5.10 Å². The lowest BCUT2D eigenvalue weighted by atomic mass is 9.99. The van der Waals surface area contributed by atoms with Crippen molar-refractivity contribution < 1.29 is 0 Å². The lowest BCUT2D eigenvalue weighted by molar-refractivity contribution is 0.467. The minimum atomic E-state index is -0.630. The van der Waals surface area contributed by atoms with Crippen LogP contribution in [0.4, 0.5) is 11.5 Å². The van der Waals surface area contributed by atoms with E-state index in [-0.39, 0.29) is 0 Å². The molecule has 0 saturated carbocycles. The highest BCUT2D eigenvalue weighted by Crippen LogP contribution is 2.38. The molecular weight excluding hydrogens is 472 g/mol. The molecule has 12 heteroatoms. The van der Waals surface area contributed by atoms with E-state index in [2.05, 4.69) is 51.0 Å². The summed E-state index contributed by atoms with van der Waals surface area (Å²) in [4.78, 5) is 19.2. The minimum Gasteiger partial charge on any atom is -0.382 e. The molecule has 1 saturated heterocycles. The number of fused-ring (bicyclic) bond motifs is 1. The van der Waals surface area contributed by atoms with E-state index in [0.29, 0.717) is 40.9 Å². The van der Waals surface area contributed by atoms with Gasteiger partial charge >= 0.3 is 0 Å². The van der Waals surface area contributed by atoms with Crippen LogP contribution in [0.3, 0.4) is 0 Å². The van der Waals surface area contributed by atoms with Crippen molar-refractivity contribution >= 4 is 50.2 Å². The summed E-state index contributed by atoms with van der Waals surface area (Å²) in [6.07, 6.45) is 5.43. The molecule has 1 fully saturated rings. The molecule has 0 spiro atoms. The summed E-state index contributed by atoms with van der Waals surface area (Å²) in [5, 5.41) is 7.58. The average molecular weight is 490 g/mol. The second kappa shape index (κ2) is 7.18. The molecule has 1 aliphatic heterocycles. The number of imidazole rings is 1. The van der Waals surface area contributed by atoms with E-state index in [1.807, 2.05) is 16.7 Å². The van der Waals surface area contributed by atoms with Crippen LogP contribution in [0.1, 0.15) is 17.8 Å². The number of H-pyrrole nitrogens is 1. The Balaban J connectivity index is 1.53. The maximum atomic E-state index is 6.63. The van der Waals surface area contributed by atoms with Gasteiger partial charge in [0.05, 0.1) is 18.4 Å². The summed E-state index contributed by atoms with van der Waals surface area (Å²) < 4.78 is 2.83. The molecule has 30 heavy (non-hydrogen) atoms. The topological polar surface area (TPSA) is 140 Å². The van der Waals surface area contributed by atoms with E-state index < -0.39 is 5.54 Å². The molecule has 3 aromatic heterocycles. The Labute approximate surface area is 184 Å². The Kier molecular flexibility index (Phi) is 4.60. The lowest BCUT2D eigenvalue weighted by Gasteiger charge is -2.26. The monoisotopic (exact) mass is 488 g/mol. The highest BCUT2D eigenvalue weighted by atomic mass is 79.9. The Hall–Kier alpha value is -2.76. The van der Waals surface area contributed by atoms with Gasteiger partial charge in [-0.1, -0.05) is 27.5 Å². The second-order valence-electron chi connectivity index (χ2n) is 7.34. The molecule has 0 unspecified atom stereocenters. The average Bonchev–Trinajstić information content (AvgIpc) is 3.45. The number of hydrogen-bond acceptors (Lipinski definition) is 8. The summed E-state index contributed by atoms with van der Waals surface area (Å²) in [7, 11) is 0. The van der Waals surface area contributed by atoms with E-state index in [1.54, 1.807) is 12.7 Å². The summed E-state index contributed by atoms with van der Waals surface area (Å²) >= 11 is 10.1. The maximum Gasteiger partial charge on any atom is 0.171 e. The third-order valence-electron chi connectivity index (χ3n) is 5.40. The zero-order valence-electron chi connectivity index (χ0n) is 15.8. The van der Waals surface area contributed by atoms with Crippen LogP contribution < -0.4 is 16.4 Å². The van der Waals surface area contributed by atoms with Gasteiger partial charge < -0.3 is 20.9 Å². The Morgan fingerprint density at radius 3 is 2.90 bits per heavy atom. The molecule has 1 aromatic carbocycles. The first-order valence-corrected chi connectivity index (χ1v) is 10.4. The van der Waals surface area contributed by atoms with E-state index in [1.165, 1.54) is 6.33 Å². The number of nitrogens with two attached hydrogens (primary N) is 2. The van der Waals surface area contributed by atoms with Gasteiger partial charge in [-0.15, -0.1) is 0 Å². The van der Waals surface area contributed by atoms with E-state index in [4.69, 9.17) is 23.1 Å². The number of hydrogen-bond donors (Lipinski definition) is 3. The molecule has 0 bridgehead atoms. The third-order valence-corrected chi connectivity index (χ3v) is 6.32. The normalized spacial score (nSPS) is 19.1. The number of aromatic amines is 1. The SMILES string of the molecule is Nc1ncnc2c1ncn2Cc1c(Br)cc(Cl)cc1N1CC[C@](N)(c2nc[nH]n2)C1. The van der Waals surface area contributed by atoms with Crippen LogP contribution in [0.5, 0.6) is 0 Å². The van der Waals surface area contributed by atoms with Crippen LogP contribution in [0.25, 0.3) is 11.2 Å². The van der Waals surface area contributed by atoms with Crippen LogP contribution in [0.2, 0.25) is 5.02 Å².